The third kappa shape index (κ3) is 3.73. The quantitative estimate of drug-likeness (QED) is 0.797. The van der Waals surface area contributed by atoms with E-state index in [9.17, 15) is 8.42 Å². The predicted octanol–water partition coefficient (Wildman–Crippen LogP) is 1.61. The molecule has 0 saturated carbocycles. The second kappa shape index (κ2) is 4.46. The average Bonchev–Trinajstić information content (AvgIpc) is 2.14. The molecule has 0 aliphatic rings. The van der Waals surface area contributed by atoms with Crippen molar-refractivity contribution in [1.29, 1.82) is 0 Å². The van der Waals surface area contributed by atoms with E-state index in [2.05, 4.69) is 0 Å². The van der Waals surface area contributed by atoms with Crippen molar-refractivity contribution in [2.24, 2.45) is 0 Å². The Morgan fingerprint density at radius 3 is 2.40 bits per heavy atom. The van der Waals surface area contributed by atoms with Crippen molar-refractivity contribution in [3.63, 3.8) is 0 Å². The first-order valence-corrected chi connectivity index (χ1v) is 5.82. The van der Waals surface area contributed by atoms with Crippen LogP contribution in [0.2, 0.25) is 0 Å². The van der Waals surface area contributed by atoms with Crippen LogP contribution in [0.4, 0.5) is 5.69 Å². The lowest BCUT2D eigenvalue weighted by atomic mass is 10.1. The van der Waals surface area contributed by atoms with Crippen LogP contribution < -0.4 is 4.90 Å². The van der Waals surface area contributed by atoms with Gasteiger partial charge in [0.1, 0.15) is 0 Å². The number of nitrogens with zero attached hydrogens (tertiary/aromatic N) is 1. The summed E-state index contributed by atoms with van der Waals surface area (Å²) in [4.78, 5) is 1.86. The molecule has 1 aromatic rings. The van der Waals surface area contributed by atoms with Gasteiger partial charge in [-0.25, -0.2) is 0 Å². The first-order valence-electron chi connectivity index (χ1n) is 4.32. The predicted molar refractivity (Wildman–Crippen MR) is 61.4 cm³/mol. The Kier molecular flexibility index (Phi) is 3.49. The van der Waals surface area contributed by atoms with Crippen LogP contribution in [-0.4, -0.2) is 27.1 Å². The molecule has 0 atom stereocenters. The van der Waals surface area contributed by atoms with Gasteiger partial charge in [-0.1, -0.05) is 18.2 Å². The van der Waals surface area contributed by atoms with E-state index in [4.69, 9.17) is 4.55 Å². The number of hydrogen-bond acceptors (Lipinski definition) is 3. The summed E-state index contributed by atoms with van der Waals surface area (Å²) in [5.74, 6) is 0. The second-order valence-electron chi connectivity index (χ2n) is 3.27. The molecular formula is C10H13NO3S. The smallest absolute Gasteiger partial charge is 0.287 e. The van der Waals surface area contributed by atoms with Crippen LogP contribution >= 0.6 is 0 Å². The molecule has 0 amide bonds. The number of anilines is 1. The zero-order chi connectivity index (χ0) is 11.5. The van der Waals surface area contributed by atoms with Crippen molar-refractivity contribution in [2.75, 3.05) is 19.0 Å². The van der Waals surface area contributed by atoms with E-state index in [0.717, 1.165) is 16.7 Å². The molecule has 0 saturated heterocycles. The van der Waals surface area contributed by atoms with Crippen molar-refractivity contribution >= 4 is 21.9 Å². The van der Waals surface area contributed by atoms with Crippen LogP contribution in [0.1, 0.15) is 5.56 Å². The highest BCUT2D eigenvalue weighted by Crippen LogP contribution is 2.19. The van der Waals surface area contributed by atoms with Crippen LogP contribution in [0, 0.1) is 0 Å². The van der Waals surface area contributed by atoms with E-state index >= 15 is 0 Å². The van der Waals surface area contributed by atoms with Gasteiger partial charge in [-0.05, 0) is 17.7 Å². The van der Waals surface area contributed by atoms with Gasteiger partial charge in [-0.3, -0.25) is 4.55 Å². The summed E-state index contributed by atoms with van der Waals surface area (Å²) in [7, 11) is -0.341. The molecule has 0 aliphatic heterocycles. The molecule has 15 heavy (non-hydrogen) atoms. The molecule has 0 bridgehead atoms. The third-order valence-electron chi connectivity index (χ3n) is 1.84. The maximum Gasteiger partial charge on any atom is 0.287 e. The van der Waals surface area contributed by atoms with Gasteiger partial charge in [0.2, 0.25) is 0 Å². The summed E-state index contributed by atoms with van der Waals surface area (Å²) >= 11 is 0. The van der Waals surface area contributed by atoms with Crippen LogP contribution in [-0.2, 0) is 10.1 Å². The molecule has 0 heterocycles. The highest BCUT2D eigenvalue weighted by atomic mass is 32.2. The number of rotatable bonds is 3. The van der Waals surface area contributed by atoms with E-state index in [1.54, 1.807) is 12.1 Å². The number of para-hydroxylation sites is 1. The minimum absolute atomic E-state index is 0.736. The Hall–Kier alpha value is -1.33. The molecule has 1 N–H and O–H groups in total. The first-order chi connectivity index (χ1) is 6.90. The summed E-state index contributed by atoms with van der Waals surface area (Å²) in [5, 5.41) is 0.773. The summed E-state index contributed by atoms with van der Waals surface area (Å²) < 4.78 is 29.7. The first kappa shape index (κ1) is 11.7. The van der Waals surface area contributed by atoms with Gasteiger partial charge in [0.25, 0.3) is 10.1 Å². The summed E-state index contributed by atoms with van der Waals surface area (Å²) in [5.41, 5.74) is 1.62. The van der Waals surface area contributed by atoms with E-state index < -0.39 is 10.1 Å². The fourth-order valence-electron chi connectivity index (χ4n) is 1.20. The summed E-state index contributed by atoms with van der Waals surface area (Å²) in [6.07, 6.45) is 1.37. The highest BCUT2D eigenvalue weighted by molar-refractivity contribution is 7.88. The Morgan fingerprint density at radius 1 is 1.27 bits per heavy atom. The van der Waals surface area contributed by atoms with Gasteiger partial charge in [-0.15, -0.1) is 0 Å². The standard InChI is InChI=1S/C10H13NO3S/c1-11(2)10-6-4-3-5-9(10)7-8-15(12,13)14/h3-8H,1-2H3,(H,12,13,14)/b8-7+. The van der Waals surface area contributed by atoms with Gasteiger partial charge in [-0.2, -0.15) is 8.42 Å². The van der Waals surface area contributed by atoms with E-state index in [0.29, 0.717) is 0 Å². The summed E-state index contributed by atoms with van der Waals surface area (Å²) in [6.45, 7) is 0. The Bertz CT molecular complexity index is 463. The molecule has 5 heteroatoms. The Morgan fingerprint density at radius 2 is 1.87 bits per heavy atom. The highest BCUT2D eigenvalue weighted by Gasteiger charge is 2.01. The molecule has 0 aromatic heterocycles. The maximum atomic E-state index is 10.5. The molecule has 1 aromatic carbocycles. The average molecular weight is 227 g/mol. The van der Waals surface area contributed by atoms with Crippen LogP contribution in [0.25, 0.3) is 6.08 Å². The van der Waals surface area contributed by atoms with E-state index in [1.807, 2.05) is 31.1 Å². The third-order valence-corrected chi connectivity index (χ3v) is 2.32. The van der Waals surface area contributed by atoms with Crippen LogP contribution in [0.5, 0.6) is 0 Å². The van der Waals surface area contributed by atoms with Crippen LogP contribution in [0.3, 0.4) is 0 Å². The maximum absolute atomic E-state index is 10.5. The topological polar surface area (TPSA) is 57.6 Å². The lowest BCUT2D eigenvalue weighted by Crippen LogP contribution is -2.09. The van der Waals surface area contributed by atoms with Gasteiger partial charge < -0.3 is 4.90 Å². The fraction of sp³-hybridized carbons (Fsp3) is 0.200. The molecule has 82 valence electrons. The summed E-state index contributed by atoms with van der Waals surface area (Å²) in [6, 6.07) is 7.30. The van der Waals surface area contributed by atoms with E-state index in [1.165, 1.54) is 6.08 Å². The minimum atomic E-state index is -4.06. The van der Waals surface area contributed by atoms with Crippen molar-refractivity contribution in [1.82, 2.24) is 0 Å². The molecule has 4 nitrogen and oxygen atoms in total. The molecule has 0 radical (unpaired) electrons. The van der Waals surface area contributed by atoms with Crippen molar-refractivity contribution in [3.8, 4) is 0 Å². The normalized spacial score (nSPS) is 11.9. The number of benzene rings is 1. The Labute approximate surface area is 89.6 Å². The molecule has 1 rings (SSSR count). The lowest BCUT2D eigenvalue weighted by Gasteiger charge is -2.14. The van der Waals surface area contributed by atoms with Gasteiger partial charge in [0, 0.05) is 19.8 Å². The van der Waals surface area contributed by atoms with Crippen molar-refractivity contribution < 1.29 is 13.0 Å². The molecule has 0 aliphatic carbocycles. The van der Waals surface area contributed by atoms with E-state index in [-0.39, 0.29) is 0 Å². The molecular weight excluding hydrogens is 214 g/mol. The molecule has 0 fully saturated rings. The van der Waals surface area contributed by atoms with Gasteiger partial charge in [0.05, 0.1) is 5.41 Å². The second-order valence-corrected chi connectivity index (χ2v) is 4.57. The number of hydrogen-bond donors (Lipinski definition) is 1. The minimum Gasteiger partial charge on any atom is -0.377 e. The van der Waals surface area contributed by atoms with Crippen LogP contribution in [0.15, 0.2) is 29.7 Å². The monoisotopic (exact) mass is 227 g/mol. The largest absolute Gasteiger partial charge is 0.377 e. The Balaban J connectivity index is 3.10. The zero-order valence-corrected chi connectivity index (χ0v) is 9.40. The van der Waals surface area contributed by atoms with Crippen molar-refractivity contribution in [2.45, 2.75) is 0 Å². The van der Waals surface area contributed by atoms with Gasteiger partial charge >= 0.3 is 0 Å². The van der Waals surface area contributed by atoms with Gasteiger partial charge in [0.15, 0.2) is 0 Å². The zero-order valence-electron chi connectivity index (χ0n) is 8.58. The fourth-order valence-corrected chi connectivity index (χ4v) is 1.51. The SMILES string of the molecule is CN(C)c1ccccc1/C=C/S(=O)(=O)O. The molecule has 0 unspecified atom stereocenters. The van der Waals surface area contributed by atoms with Crippen molar-refractivity contribution in [3.05, 3.63) is 35.2 Å². The molecule has 0 spiro atoms. The lowest BCUT2D eigenvalue weighted by molar-refractivity contribution is 0.494.